The molecule has 30 heavy (non-hydrogen) atoms. The number of aryl methyl sites for hydroxylation is 1. The van der Waals surface area contributed by atoms with Gasteiger partial charge in [0.1, 0.15) is 0 Å². The van der Waals surface area contributed by atoms with E-state index in [0.29, 0.717) is 11.3 Å². The van der Waals surface area contributed by atoms with Crippen LogP contribution in [0.2, 0.25) is 0 Å². The van der Waals surface area contributed by atoms with Crippen LogP contribution in [0.15, 0.2) is 93.3 Å². The summed E-state index contributed by atoms with van der Waals surface area (Å²) in [6, 6.07) is 22.7. The van der Waals surface area contributed by atoms with Crippen LogP contribution in [-0.4, -0.2) is 5.78 Å². The molecule has 0 spiro atoms. The molecule has 0 atom stereocenters. The zero-order valence-electron chi connectivity index (χ0n) is 17.5. The van der Waals surface area contributed by atoms with Crippen molar-refractivity contribution >= 4 is 28.5 Å². The van der Waals surface area contributed by atoms with Crippen LogP contribution in [0, 0.1) is 0 Å². The Kier molecular flexibility index (Phi) is 7.72. The van der Waals surface area contributed by atoms with E-state index in [1.54, 1.807) is 31.2 Å². The first-order valence-corrected chi connectivity index (χ1v) is 10.3. The quantitative estimate of drug-likeness (QED) is 0.202. The molecule has 0 radical (unpaired) electrons. The number of carbonyl (C=O) groups excluding carboxylic acids is 1. The van der Waals surface area contributed by atoms with Crippen molar-refractivity contribution in [2.75, 3.05) is 0 Å². The van der Waals surface area contributed by atoms with Gasteiger partial charge in [-0.15, -0.1) is 0 Å². The van der Waals surface area contributed by atoms with E-state index in [4.69, 9.17) is 0 Å². The van der Waals surface area contributed by atoms with Crippen molar-refractivity contribution in [1.29, 1.82) is 0 Å². The Morgan fingerprint density at radius 1 is 0.633 bits per heavy atom. The number of azo groups is 2. The van der Waals surface area contributed by atoms with E-state index in [-0.39, 0.29) is 5.78 Å². The molecular weight excluding hydrogens is 372 g/mol. The minimum atomic E-state index is 0.0335. The molecule has 0 N–H and O–H groups in total. The first-order valence-electron chi connectivity index (χ1n) is 10.3. The predicted molar refractivity (Wildman–Crippen MR) is 121 cm³/mol. The third-order valence-electron chi connectivity index (χ3n) is 4.69. The molecule has 0 saturated carbocycles. The van der Waals surface area contributed by atoms with E-state index in [9.17, 15) is 4.79 Å². The lowest BCUT2D eigenvalue weighted by Crippen LogP contribution is -1.89. The highest BCUT2D eigenvalue weighted by atomic mass is 16.1. The first kappa shape index (κ1) is 21.2. The maximum atomic E-state index is 11.3. The Balaban J connectivity index is 1.56. The van der Waals surface area contributed by atoms with Crippen molar-refractivity contribution in [2.24, 2.45) is 20.5 Å². The van der Waals surface area contributed by atoms with Gasteiger partial charge in [0.05, 0.1) is 22.7 Å². The summed E-state index contributed by atoms with van der Waals surface area (Å²) in [4.78, 5) is 11.3. The molecule has 0 amide bonds. The number of hydrogen-bond donors (Lipinski definition) is 0. The van der Waals surface area contributed by atoms with E-state index >= 15 is 0 Å². The number of Topliss-reactive ketones (excluding diaryl/α,β-unsaturated/α-hetero) is 1. The Morgan fingerprint density at radius 2 is 1.03 bits per heavy atom. The predicted octanol–water partition coefficient (Wildman–Crippen LogP) is 8.45. The van der Waals surface area contributed by atoms with Crippen molar-refractivity contribution in [3.05, 3.63) is 83.9 Å². The molecule has 0 heterocycles. The Labute approximate surface area is 177 Å². The maximum Gasteiger partial charge on any atom is 0.159 e. The maximum absolute atomic E-state index is 11.3. The van der Waals surface area contributed by atoms with Crippen molar-refractivity contribution in [3.63, 3.8) is 0 Å². The number of hydrogen-bond acceptors (Lipinski definition) is 5. The van der Waals surface area contributed by atoms with Crippen molar-refractivity contribution in [3.8, 4) is 0 Å². The summed E-state index contributed by atoms with van der Waals surface area (Å²) in [7, 11) is 0. The minimum Gasteiger partial charge on any atom is -0.295 e. The normalized spacial score (nSPS) is 11.4. The van der Waals surface area contributed by atoms with Gasteiger partial charge in [-0.25, -0.2) is 0 Å². The molecule has 0 fully saturated rings. The van der Waals surface area contributed by atoms with Crippen LogP contribution in [0.5, 0.6) is 0 Å². The van der Waals surface area contributed by atoms with Gasteiger partial charge in [0, 0.05) is 5.56 Å². The highest BCUT2D eigenvalue weighted by Gasteiger charge is 1.99. The second kappa shape index (κ2) is 10.9. The Hall–Kier alpha value is -3.47. The molecule has 0 aliphatic heterocycles. The summed E-state index contributed by atoms with van der Waals surface area (Å²) < 4.78 is 0. The van der Waals surface area contributed by atoms with E-state index in [0.717, 1.165) is 23.5 Å². The molecule has 0 bridgehead atoms. The summed E-state index contributed by atoms with van der Waals surface area (Å²) in [5, 5.41) is 17.0. The topological polar surface area (TPSA) is 66.5 Å². The monoisotopic (exact) mass is 398 g/mol. The lowest BCUT2D eigenvalue weighted by Gasteiger charge is -2.00. The SMILES string of the molecule is CCCCCc1ccc(N=Nc2ccc(N=Nc3ccc(C(C)=O)cc3)cc2)cc1. The molecular formula is C25H26N4O. The molecule has 152 valence electrons. The molecule has 3 rings (SSSR count). The highest BCUT2D eigenvalue weighted by molar-refractivity contribution is 5.94. The van der Waals surface area contributed by atoms with Gasteiger partial charge in [-0.3, -0.25) is 4.79 Å². The lowest BCUT2D eigenvalue weighted by atomic mass is 10.1. The van der Waals surface area contributed by atoms with E-state index in [2.05, 4.69) is 39.5 Å². The smallest absolute Gasteiger partial charge is 0.159 e. The molecule has 0 aliphatic rings. The van der Waals surface area contributed by atoms with Crippen LogP contribution in [-0.2, 0) is 6.42 Å². The van der Waals surface area contributed by atoms with Crippen LogP contribution < -0.4 is 0 Å². The van der Waals surface area contributed by atoms with Gasteiger partial charge in [0.25, 0.3) is 0 Å². The highest BCUT2D eigenvalue weighted by Crippen LogP contribution is 2.24. The van der Waals surface area contributed by atoms with Crippen LogP contribution in [0.1, 0.15) is 49.0 Å². The largest absolute Gasteiger partial charge is 0.295 e. The fourth-order valence-electron chi connectivity index (χ4n) is 2.89. The summed E-state index contributed by atoms with van der Waals surface area (Å²) in [5.41, 5.74) is 5.02. The van der Waals surface area contributed by atoms with Crippen molar-refractivity contribution < 1.29 is 4.79 Å². The van der Waals surface area contributed by atoms with Gasteiger partial charge in [0.2, 0.25) is 0 Å². The van der Waals surface area contributed by atoms with Gasteiger partial charge in [-0.2, -0.15) is 20.5 Å². The van der Waals surface area contributed by atoms with Crippen molar-refractivity contribution in [2.45, 2.75) is 39.5 Å². The molecule has 0 aliphatic carbocycles. The van der Waals surface area contributed by atoms with Gasteiger partial charge in [0.15, 0.2) is 5.78 Å². The number of rotatable bonds is 9. The first-order chi connectivity index (χ1) is 14.6. The van der Waals surface area contributed by atoms with Crippen LogP contribution in [0.3, 0.4) is 0 Å². The van der Waals surface area contributed by atoms with Crippen LogP contribution >= 0.6 is 0 Å². The number of unbranched alkanes of at least 4 members (excludes halogenated alkanes) is 2. The molecule has 5 heteroatoms. The average Bonchev–Trinajstić information content (AvgIpc) is 2.78. The van der Waals surface area contributed by atoms with Gasteiger partial charge in [-0.1, -0.05) is 31.9 Å². The Bertz CT molecular complexity index is 1000. The summed E-state index contributed by atoms with van der Waals surface area (Å²) in [6.07, 6.45) is 4.84. The molecule has 0 saturated heterocycles. The number of benzene rings is 3. The summed E-state index contributed by atoms with van der Waals surface area (Å²) >= 11 is 0. The standard InChI is InChI=1S/C25H26N4O/c1-3-4-5-6-20-7-11-22(12-8-20)26-28-24-15-17-25(18-16-24)29-27-23-13-9-21(10-14-23)19(2)30/h7-18H,3-6H2,1-2H3. The van der Waals surface area contributed by atoms with E-state index < -0.39 is 0 Å². The molecule has 3 aromatic rings. The minimum absolute atomic E-state index is 0.0335. The van der Waals surface area contributed by atoms with Gasteiger partial charge >= 0.3 is 0 Å². The van der Waals surface area contributed by atoms with Gasteiger partial charge in [-0.05, 0) is 86.0 Å². The lowest BCUT2D eigenvalue weighted by molar-refractivity contribution is 0.101. The van der Waals surface area contributed by atoms with E-state index in [1.807, 2.05) is 36.4 Å². The molecule has 5 nitrogen and oxygen atoms in total. The number of carbonyl (C=O) groups is 1. The summed E-state index contributed by atoms with van der Waals surface area (Å²) in [5.74, 6) is 0.0335. The average molecular weight is 399 g/mol. The second-order valence-electron chi connectivity index (χ2n) is 7.14. The molecule has 0 unspecified atom stereocenters. The molecule has 0 aromatic heterocycles. The van der Waals surface area contributed by atoms with E-state index in [1.165, 1.54) is 24.8 Å². The number of ketones is 1. The van der Waals surface area contributed by atoms with Gasteiger partial charge < -0.3 is 0 Å². The zero-order valence-corrected chi connectivity index (χ0v) is 17.5. The third-order valence-corrected chi connectivity index (χ3v) is 4.69. The second-order valence-corrected chi connectivity index (χ2v) is 7.14. The van der Waals surface area contributed by atoms with Crippen LogP contribution in [0.25, 0.3) is 0 Å². The van der Waals surface area contributed by atoms with Crippen molar-refractivity contribution in [1.82, 2.24) is 0 Å². The fraction of sp³-hybridized carbons (Fsp3) is 0.240. The van der Waals surface area contributed by atoms with Crippen LogP contribution in [0.4, 0.5) is 22.7 Å². The summed E-state index contributed by atoms with van der Waals surface area (Å²) in [6.45, 7) is 3.76. The third kappa shape index (κ3) is 6.55. The number of nitrogens with zero attached hydrogens (tertiary/aromatic N) is 4. The fourth-order valence-corrected chi connectivity index (χ4v) is 2.89. The molecule has 3 aromatic carbocycles. The Morgan fingerprint density at radius 3 is 1.43 bits per heavy atom. The zero-order chi connectivity index (χ0) is 21.2.